The fourth-order valence-corrected chi connectivity index (χ4v) is 2.42. The number of nitrogens with zero attached hydrogens (tertiary/aromatic N) is 1. The number of hydrogen-bond donors (Lipinski definition) is 1. The summed E-state index contributed by atoms with van der Waals surface area (Å²) in [6.07, 6.45) is 5.57. The molecule has 1 saturated carbocycles. The van der Waals surface area contributed by atoms with Crippen molar-refractivity contribution in [3.63, 3.8) is 0 Å². The van der Waals surface area contributed by atoms with Crippen LogP contribution < -0.4 is 5.32 Å². The highest BCUT2D eigenvalue weighted by molar-refractivity contribution is 5.77. The van der Waals surface area contributed by atoms with Crippen molar-refractivity contribution in [2.75, 3.05) is 6.61 Å². The topological polar surface area (TPSA) is 68.3 Å². The molecule has 1 saturated heterocycles. The van der Waals surface area contributed by atoms with Crippen LogP contribution >= 0.6 is 0 Å². The summed E-state index contributed by atoms with van der Waals surface area (Å²) in [7, 11) is 0. The van der Waals surface area contributed by atoms with Crippen LogP contribution in [-0.4, -0.2) is 29.9 Å². The Hall–Kier alpha value is -1.75. The van der Waals surface area contributed by atoms with Crippen LogP contribution in [0, 0.1) is 0 Å². The van der Waals surface area contributed by atoms with Gasteiger partial charge in [-0.1, -0.05) is 0 Å². The molecule has 5 nitrogen and oxygen atoms in total. The summed E-state index contributed by atoms with van der Waals surface area (Å²) in [5.74, 6) is 0.375. The molecular formula is C14H16N2O3. The quantitative estimate of drug-likeness (QED) is 0.636. The number of esters is 1. The first-order valence-electron chi connectivity index (χ1n) is 6.62. The molecule has 3 rings (SSSR count). The molecule has 2 heterocycles. The smallest absolute Gasteiger partial charge is 0.323 e. The van der Waals surface area contributed by atoms with Gasteiger partial charge in [0.15, 0.2) is 6.29 Å². The van der Waals surface area contributed by atoms with E-state index >= 15 is 0 Å². The van der Waals surface area contributed by atoms with Gasteiger partial charge in [0.05, 0.1) is 6.61 Å². The Morgan fingerprint density at radius 3 is 2.89 bits per heavy atom. The molecule has 0 spiro atoms. The van der Waals surface area contributed by atoms with Gasteiger partial charge in [0.2, 0.25) is 0 Å². The molecule has 1 N–H and O–H groups in total. The number of nitrogens with one attached hydrogen (secondary N) is 1. The maximum absolute atomic E-state index is 11.4. The maximum Gasteiger partial charge on any atom is 0.323 e. The van der Waals surface area contributed by atoms with Gasteiger partial charge in [-0.15, -0.1) is 0 Å². The number of cyclic esters (lactones) is 1. The summed E-state index contributed by atoms with van der Waals surface area (Å²) >= 11 is 0. The van der Waals surface area contributed by atoms with Crippen molar-refractivity contribution in [1.29, 1.82) is 0 Å². The summed E-state index contributed by atoms with van der Waals surface area (Å²) in [6, 6.07) is 1.66. The van der Waals surface area contributed by atoms with Crippen molar-refractivity contribution < 1.29 is 14.3 Å². The highest BCUT2D eigenvalue weighted by atomic mass is 16.5. The molecule has 1 aliphatic heterocycles. The van der Waals surface area contributed by atoms with Crippen LogP contribution in [0.5, 0.6) is 0 Å². The van der Waals surface area contributed by atoms with Gasteiger partial charge in [-0.3, -0.25) is 14.6 Å². The molecule has 2 aliphatic rings. The van der Waals surface area contributed by atoms with E-state index in [1.54, 1.807) is 6.20 Å². The van der Waals surface area contributed by atoms with Crippen LogP contribution in [0.2, 0.25) is 0 Å². The lowest BCUT2D eigenvalue weighted by atomic mass is 10.0. The molecule has 0 aromatic carbocycles. The van der Waals surface area contributed by atoms with Crippen LogP contribution in [0.1, 0.15) is 46.8 Å². The summed E-state index contributed by atoms with van der Waals surface area (Å²) in [5.41, 5.74) is 2.75. The molecule has 0 bridgehead atoms. The van der Waals surface area contributed by atoms with E-state index in [2.05, 4.69) is 10.3 Å². The molecule has 1 atom stereocenters. The number of carbonyl (C=O) groups excluding carboxylic acids is 2. The number of hydrogen-bond acceptors (Lipinski definition) is 5. The normalized spacial score (nSPS) is 22.3. The van der Waals surface area contributed by atoms with Gasteiger partial charge in [0.25, 0.3) is 0 Å². The molecular weight excluding hydrogens is 244 g/mol. The van der Waals surface area contributed by atoms with Crippen LogP contribution in [0.25, 0.3) is 0 Å². The lowest BCUT2D eigenvalue weighted by molar-refractivity contribution is -0.139. The number of ether oxygens (including phenoxy) is 1. The van der Waals surface area contributed by atoms with Gasteiger partial charge >= 0.3 is 5.97 Å². The van der Waals surface area contributed by atoms with Crippen LogP contribution in [0.4, 0.5) is 0 Å². The molecule has 1 aromatic heterocycles. The van der Waals surface area contributed by atoms with Crippen molar-refractivity contribution in [3.05, 3.63) is 29.1 Å². The first-order chi connectivity index (χ1) is 9.28. The number of pyridine rings is 1. The van der Waals surface area contributed by atoms with Crippen molar-refractivity contribution in [2.45, 2.75) is 37.8 Å². The minimum atomic E-state index is -0.210. The van der Waals surface area contributed by atoms with Crippen molar-refractivity contribution in [3.8, 4) is 0 Å². The molecule has 0 radical (unpaired) electrons. The van der Waals surface area contributed by atoms with Crippen LogP contribution in [-0.2, 0) is 16.1 Å². The SMILES string of the molecule is O=Cc1cc(C2CC2)c(CNC2CCOC2=O)cn1. The second-order valence-corrected chi connectivity index (χ2v) is 5.09. The predicted molar refractivity (Wildman–Crippen MR) is 67.8 cm³/mol. The molecule has 100 valence electrons. The second-order valence-electron chi connectivity index (χ2n) is 5.09. The van der Waals surface area contributed by atoms with Crippen LogP contribution in [0.3, 0.4) is 0 Å². The Morgan fingerprint density at radius 2 is 2.26 bits per heavy atom. The Labute approximate surface area is 111 Å². The van der Waals surface area contributed by atoms with Crippen LogP contribution in [0.15, 0.2) is 12.3 Å². The average molecular weight is 260 g/mol. The van der Waals surface area contributed by atoms with Gasteiger partial charge < -0.3 is 10.1 Å². The summed E-state index contributed by atoms with van der Waals surface area (Å²) < 4.78 is 4.92. The van der Waals surface area contributed by atoms with E-state index in [4.69, 9.17) is 4.74 Å². The van der Waals surface area contributed by atoms with Gasteiger partial charge in [-0.2, -0.15) is 0 Å². The standard InChI is InChI=1S/C14H16N2O3/c17-8-11-5-12(9-1-2-9)10(6-15-11)7-16-13-3-4-19-14(13)18/h5-6,8-9,13,16H,1-4,7H2. The molecule has 2 fully saturated rings. The van der Waals surface area contributed by atoms with Crippen molar-refractivity contribution in [1.82, 2.24) is 10.3 Å². The Morgan fingerprint density at radius 1 is 1.42 bits per heavy atom. The Kier molecular flexibility index (Phi) is 3.29. The molecule has 1 unspecified atom stereocenters. The number of aromatic nitrogens is 1. The number of carbonyl (C=O) groups is 2. The first kappa shape index (κ1) is 12.3. The average Bonchev–Trinajstić information content (AvgIpc) is 3.20. The molecule has 5 heteroatoms. The first-order valence-corrected chi connectivity index (χ1v) is 6.62. The van der Waals surface area contributed by atoms with Gasteiger partial charge in [-0.25, -0.2) is 0 Å². The largest absolute Gasteiger partial charge is 0.464 e. The zero-order chi connectivity index (χ0) is 13.2. The fourth-order valence-electron chi connectivity index (χ4n) is 2.42. The third-order valence-corrected chi connectivity index (χ3v) is 3.66. The number of aldehydes is 1. The highest BCUT2D eigenvalue weighted by Gasteiger charge is 2.29. The van der Waals surface area contributed by atoms with E-state index in [9.17, 15) is 9.59 Å². The van der Waals surface area contributed by atoms with E-state index < -0.39 is 0 Å². The monoisotopic (exact) mass is 260 g/mol. The van der Waals surface area contributed by atoms with Crippen molar-refractivity contribution >= 4 is 12.3 Å². The van der Waals surface area contributed by atoms with E-state index in [1.807, 2.05) is 6.07 Å². The maximum atomic E-state index is 11.4. The minimum absolute atomic E-state index is 0.176. The van der Waals surface area contributed by atoms with E-state index in [0.29, 0.717) is 24.8 Å². The molecule has 1 aromatic rings. The summed E-state index contributed by atoms with van der Waals surface area (Å²) in [4.78, 5) is 26.3. The predicted octanol–water partition coefficient (Wildman–Crippen LogP) is 1.18. The lowest BCUT2D eigenvalue weighted by Gasteiger charge is -2.12. The fraction of sp³-hybridized carbons (Fsp3) is 0.500. The molecule has 1 aliphatic carbocycles. The van der Waals surface area contributed by atoms with Crippen molar-refractivity contribution in [2.24, 2.45) is 0 Å². The zero-order valence-corrected chi connectivity index (χ0v) is 10.6. The van der Waals surface area contributed by atoms with Gasteiger partial charge in [0, 0.05) is 19.2 Å². The lowest BCUT2D eigenvalue weighted by Crippen LogP contribution is -2.32. The Bertz CT molecular complexity index is 511. The molecule has 0 amide bonds. The van der Waals surface area contributed by atoms with Gasteiger partial charge in [0.1, 0.15) is 11.7 Å². The summed E-state index contributed by atoms with van der Waals surface area (Å²) in [5, 5.41) is 3.21. The van der Waals surface area contributed by atoms with E-state index in [0.717, 1.165) is 18.3 Å². The highest BCUT2D eigenvalue weighted by Crippen LogP contribution is 2.41. The zero-order valence-electron chi connectivity index (χ0n) is 10.6. The third-order valence-electron chi connectivity index (χ3n) is 3.66. The molecule has 19 heavy (non-hydrogen) atoms. The van der Waals surface area contributed by atoms with E-state index in [-0.39, 0.29) is 12.0 Å². The Balaban J connectivity index is 1.72. The van der Waals surface area contributed by atoms with Gasteiger partial charge in [-0.05, 0) is 36.0 Å². The third kappa shape index (κ3) is 2.66. The summed E-state index contributed by atoms with van der Waals surface area (Å²) in [6.45, 7) is 1.09. The second kappa shape index (κ2) is 5.09. The minimum Gasteiger partial charge on any atom is -0.464 e. The number of rotatable bonds is 5. The van der Waals surface area contributed by atoms with E-state index in [1.165, 1.54) is 18.4 Å².